The Bertz CT molecular complexity index is 1180. The van der Waals surface area contributed by atoms with Crippen LogP contribution in [0, 0.1) is 24.0 Å². The van der Waals surface area contributed by atoms with Crippen molar-refractivity contribution in [3.63, 3.8) is 0 Å². The normalized spacial score (nSPS) is 10.5. The maximum Gasteiger partial charge on any atom is 0.293 e. The third kappa shape index (κ3) is 4.62. The molecular formula is C20H15Cl2N3O4S. The van der Waals surface area contributed by atoms with Crippen LogP contribution in [-0.4, -0.2) is 15.9 Å². The molecule has 0 aliphatic heterocycles. The zero-order valence-corrected chi connectivity index (χ0v) is 18.1. The molecule has 0 fully saturated rings. The van der Waals surface area contributed by atoms with Gasteiger partial charge in [0.25, 0.3) is 11.6 Å². The monoisotopic (exact) mass is 463 g/mol. The first-order valence-corrected chi connectivity index (χ1v) is 9.76. The van der Waals surface area contributed by atoms with Gasteiger partial charge in [0, 0.05) is 16.7 Å². The average Bonchev–Trinajstić information content (AvgIpc) is 3.15. The molecule has 0 spiro atoms. The number of benzene rings is 2. The Balaban J connectivity index is 1.76. The minimum Gasteiger partial charge on any atom is -0.451 e. The molecular weight excluding hydrogens is 449 g/mol. The lowest BCUT2D eigenvalue weighted by Crippen LogP contribution is -2.34. The SMILES string of the molecule is Cc1ccc([N+](=O)[O-])c(NC(=S)NC(=O)c2ccc(-c3ccc(Cl)cc3Cl)o2)c1C. The molecule has 7 nitrogen and oxygen atoms in total. The number of furan rings is 1. The molecule has 2 N–H and O–H groups in total. The molecule has 1 heterocycles. The van der Waals surface area contributed by atoms with Crippen molar-refractivity contribution in [2.45, 2.75) is 13.8 Å². The van der Waals surface area contributed by atoms with Gasteiger partial charge in [-0.25, -0.2) is 0 Å². The second-order valence-electron chi connectivity index (χ2n) is 6.36. The summed E-state index contributed by atoms with van der Waals surface area (Å²) in [5.41, 5.74) is 2.14. The lowest BCUT2D eigenvalue weighted by atomic mass is 10.1. The minimum atomic E-state index is -0.614. The number of hydrogen-bond acceptors (Lipinski definition) is 5. The molecule has 0 unspecified atom stereocenters. The molecule has 3 aromatic rings. The van der Waals surface area contributed by atoms with E-state index < -0.39 is 10.8 Å². The van der Waals surface area contributed by atoms with Gasteiger partial charge in [-0.05, 0) is 67.5 Å². The van der Waals surface area contributed by atoms with Crippen LogP contribution < -0.4 is 10.6 Å². The second-order valence-corrected chi connectivity index (χ2v) is 7.61. The van der Waals surface area contributed by atoms with Crippen molar-refractivity contribution in [1.82, 2.24) is 5.32 Å². The largest absolute Gasteiger partial charge is 0.451 e. The number of nitro groups is 1. The highest BCUT2D eigenvalue weighted by Gasteiger charge is 2.20. The Hall–Kier alpha value is -2.94. The predicted molar refractivity (Wildman–Crippen MR) is 120 cm³/mol. The molecule has 0 saturated heterocycles. The maximum atomic E-state index is 12.5. The van der Waals surface area contributed by atoms with Crippen LogP contribution in [-0.2, 0) is 0 Å². The van der Waals surface area contributed by atoms with Crippen molar-refractivity contribution in [2.24, 2.45) is 0 Å². The molecule has 154 valence electrons. The molecule has 0 atom stereocenters. The molecule has 3 rings (SSSR count). The van der Waals surface area contributed by atoms with Crippen molar-refractivity contribution in [3.05, 3.63) is 79.5 Å². The van der Waals surface area contributed by atoms with Gasteiger partial charge in [-0.3, -0.25) is 20.2 Å². The fraction of sp³-hybridized carbons (Fsp3) is 0.100. The van der Waals surface area contributed by atoms with E-state index in [1.165, 1.54) is 12.1 Å². The number of hydrogen-bond donors (Lipinski definition) is 2. The van der Waals surface area contributed by atoms with E-state index in [9.17, 15) is 14.9 Å². The van der Waals surface area contributed by atoms with Gasteiger partial charge < -0.3 is 9.73 Å². The van der Waals surface area contributed by atoms with Crippen LogP contribution in [0.2, 0.25) is 10.0 Å². The zero-order valence-electron chi connectivity index (χ0n) is 15.8. The zero-order chi connectivity index (χ0) is 22.0. The fourth-order valence-electron chi connectivity index (χ4n) is 2.71. The number of halogens is 2. The van der Waals surface area contributed by atoms with Gasteiger partial charge in [-0.15, -0.1) is 0 Å². The molecule has 0 radical (unpaired) electrons. The first-order chi connectivity index (χ1) is 14.2. The lowest BCUT2D eigenvalue weighted by molar-refractivity contribution is -0.383. The van der Waals surface area contributed by atoms with Crippen LogP contribution in [0.4, 0.5) is 11.4 Å². The standard InChI is InChI=1S/C20H15Cl2N3O4S/c1-10-3-6-15(25(27)28)18(11(10)2)23-20(30)24-19(26)17-8-7-16(29-17)13-5-4-12(21)9-14(13)22/h3-9H,1-2H3,(H2,23,24,26,30). The fourth-order valence-corrected chi connectivity index (χ4v) is 3.41. The summed E-state index contributed by atoms with van der Waals surface area (Å²) in [5, 5.41) is 17.2. The predicted octanol–water partition coefficient (Wildman–Crippen LogP) is 5.91. The number of carbonyl (C=O) groups excluding carboxylic acids is 1. The highest BCUT2D eigenvalue weighted by molar-refractivity contribution is 7.80. The van der Waals surface area contributed by atoms with Gasteiger partial charge in [0.2, 0.25) is 0 Å². The van der Waals surface area contributed by atoms with Crippen LogP contribution in [0.5, 0.6) is 0 Å². The second kappa shape index (κ2) is 8.83. The number of rotatable bonds is 4. The van der Waals surface area contributed by atoms with Gasteiger partial charge in [-0.2, -0.15) is 0 Å². The Kier molecular flexibility index (Phi) is 6.40. The van der Waals surface area contributed by atoms with Crippen LogP contribution in [0.25, 0.3) is 11.3 Å². The van der Waals surface area contributed by atoms with Gasteiger partial charge >= 0.3 is 0 Å². The molecule has 0 saturated carbocycles. The summed E-state index contributed by atoms with van der Waals surface area (Å²) >= 11 is 17.2. The number of nitrogens with one attached hydrogen (secondary N) is 2. The molecule has 2 aromatic carbocycles. The smallest absolute Gasteiger partial charge is 0.293 e. The number of thiocarbonyl (C=S) groups is 1. The van der Waals surface area contributed by atoms with Gasteiger partial charge in [-0.1, -0.05) is 29.3 Å². The summed E-state index contributed by atoms with van der Waals surface area (Å²) in [5.74, 6) is -0.238. The van der Waals surface area contributed by atoms with Crippen molar-refractivity contribution in [2.75, 3.05) is 5.32 Å². The summed E-state index contributed by atoms with van der Waals surface area (Å²) in [7, 11) is 0. The van der Waals surface area contributed by atoms with E-state index in [0.29, 0.717) is 26.9 Å². The number of aryl methyl sites for hydroxylation is 1. The minimum absolute atomic E-state index is 0.00405. The van der Waals surface area contributed by atoms with Crippen LogP contribution >= 0.6 is 35.4 Å². The lowest BCUT2D eigenvalue weighted by Gasteiger charge is -2.13. The number of nitrogens with zero attached hydrogens (tertiary/aromatic N) is 1. The third-order valence-corrected chi connectivity index (χ3v) is 5.15. The number of amides is 1. The van der Waals surface area contributed by atoms with E-state index in [4.69, 9.17) is 39.8 Å². The van der Waals surface area contributed by atoms with Gasteiger partial charge in [0.15, 0.2) is 10.9 Å². The Labute approximate surface area is 187 Å². The third-order valence-electron chi connectivity index (χ3n) is 4.40. The van der Waals surface area contributed by atoms with Crippen molar-refractivity contribution < 1.29 is 14.1 Å². The number of carbonyl (C=O) groups is 1. The summed E-state index contributed by atoms with van der Waals surface area (Å²) in [6, 6.07) is 11.0. The van der Waals surface area contributed by atoms with Gasteiger partial charge in [0.1, 0.15) is 11.4 Å². The van der Waals surface area contributed by atoms with Gasteiger partial charge in [0.05, 0.1) is 9.95 Å². The molecule has 30 heavy (non-hydrogen) atoms. The topological polar surface area (TPSA) is 97.4 Å². The molecule has 0 aliphatic rings. The Morgan fingerprint density at radius 2 is 1.87 bits per heavy atom. The van der Waals surface area contributed by atoms with E-state index in [-0.39, 0.29) is 22.2 Å². The van der Waals surface area contributed by atoms with Crippen molar-refractivity contribution >= 4 is 57.8 Å². The molecule has 1 amide bonds. The van der Waals surface area contributed by atoms with Crippen molar-refractivity contribution in [3.8, 4) is 11.3 Å². The highest BCUT2D eigenvalue weighted by Crippen LogP contribution is 2.32. The maximum absolute atomic E-state index is 12.5. The first-order valence-electron chi connectivity index (χ1n) is 8.59. The Morgan fingerprint density at radius 1 is 1.13 bits per heavy atom. The van der Waals surface area contributed by atoms with Crippen LogP contribution in [0.3, 0.4) is 0 Å². The number of anilines is 1. The molecule has 0 aliphatic carbocycles. The highest BCUT2D eigenvalue weighted by atomic mass is 35.5. The molecule has 1 aromatic heterocycles. The summed E-state index contributed by atoms with van der Waals surface area (Å²) in [6.07, 6.45) is 0. The van der Waals surface area contributed by atoms with E-state index >= 15 is 0 Å². The molecule has 0 bridgehead atoms. The van der Waals surface area contributed by atoms with E-state index in [1.54, 1.807) is 37.3 Å². The quantitative estimate of drug-likeness (QED) is 0.283. The number of nitro benzene ring substituents is 1. The molecule has 10 heteroatoms. The summed E-state index contributed by atoms with van der Waals surface area (Å²) in [4.78, 5) is 23.3. The van der Waals surface area contributed by atoms with Crippen LogP contribution in [0.1, 0.15) is 21.7 Å². The van der Waals surface area contributed by atoms with E-state index in [2.05, 4.69) is 10.6 Å². The summed E-state index contributed by atoms with van der Waals surface area (Å²) in [6.45, 7) is 3.54. The van der Waals surface area contributed by atoms with E-state index in [1.807, 2.05) is 6.92 Å². The van der Waals surface area contributed by atoms with Crippen molar-refractivity contribution in [1.29, 1.82) is 0 Å². The van der Waals surface area contributed by atoms with E-state index in [0.717, 1.165) is 5.56 Å². The summed E-state index contributed by atoms with van der Waals surface area (Å²) < 4.78 is 5.57. The van der Waals surface area contributed by atoms with Crippen LogP contribution in [0.15, 0.2) is 46.9 Å². The average molecular weight is 464 g/mol. The first kappa shape index (κ1) is 21.8. The Morgan fingerprint density at radius 3 is 2.53 bits per heavy atom.